The fourth-order valence-electron chi connectivity index (χ4n) is 2.64. The first kappa shape index (κ1) is 15.4. The van der Waals surface area contributed by atoms with Crippen LogP contribution in [0.3, 0.4) is 0 Å². The summed E-state index contributed by atoms with van der Waals surface area (Å²) in [5, 5.41) is 10.4. The molecule has 1 unspecified atom stereocenters. The predicted molar refractivity (Wildman–Crippen MR) is 80.3 cm³/mol. The van der Waals surface area contributed by atoms with Gasteiger partial charge in [0.15, 0.2) is 0 Å². The lowest BCUT2D eigenvalue weighted by Gasteiger charge is -2.19. The summed E-state index contributed by atoms with van der Waals surface area (Å²) < 4.78 is 33.0. The molecule has 0 spiro atoms. The van der Waals surface area contributed by atoms with Gasteiger partial charge in [0.2, 0.25) is 5.79 Å². The fraction of sp³-hybridized carbons (Fsp3) is 0.167. The molecule has 2 aromatic rings. The Balaban J connectivity index is 1.99. The zero-order valence-corrected chi connectivity index (χ0v) is 12.3. The van der Waals surface area contributed by atoms with E-state index in [4.69, 9.17) is 4.74 Å². The lowest BCUT2D eigenvalue weighted by atomic mass is 9.99. The predicted octanol–water partition coefficient (Wildman–Crippen LogP) is 3.14. The van der Waals surface area contributed by atoms with Crippen LogP contribution in [0.2, 0.25) is 0 Å². The van der Waals surface area contributed by atoms with E-state index in [0.717, 1.165) is 23.8 Å². The molecule has 118 valence electrons. The first-order chi connectivity index (χ1) is 10.9. The number of hydrogen-bond acceptors (Lipinski definition) is 3. The molecule has 0 saturated carbocycles. The van der Waals surface area contributed by atoms with E-state index in [1.807, 2.05) is 6.07 Å². The van der Waals surface area contributed by atoms with Crippen molar-refractivity contribution in [2.45, 2.75) is 19.1 Å². The normalized spacial score (nSPS) is 20.3. The molecule has 1 aliphatic rings. The van der Waals surface area contributed by atoms with Crippen LogP contribution >= 0.6 is 0 Å². The Bertz CT molecular complexity index is 776. The second kappa shape index (κ2) is 5.59. The minimum absolute atomic E-state index is 0.00181. The standard InChI is InChI=1S/C18H14F2O3/c1-11-7-14(19)16(15(20)8-11)13-10-18(22,23-17(13)21)9-12-5-3-2-4-6-12/h2-8,10,22H,9H2,1H3. The van der Waals surface area contributed by atoms with Crippen LogP contribution in [0.15, 0.2) is 48.5 Å². The van der Waals surface area contributed by atoms with Gasteiger partial charge in [-0.3, -0.25) is 0 Å². The van der Waals surface area contributed by atoms with Gasteiger partial charge in [-0.1, -0.05) is 30.3 Å². The molecule has 0 amide bonds. The Morgan fingerprint density at radius 3 is 2.35 bits per heavy atom. The molecule has 2 aromatic carbocycles. The quantitative estimate of drug-likeness (QED) is 0.885. The van der Waals surface area contributed by atoms with E-state index in [1.165, 1.54) is 0 Å². The molecule has 0 fully saturated rings. The van der Waals surface area contributed by atoms with Gasteiger partial charge < -0.3 is 9.84 Å². The number of cyclic esters (lactones) is 1. The van der Waals surface area contributed by atoms with E-state index >= 15 is 0 Å². The van der Waals surface area contributed by atoms with Crippen molar-refractivity contribution < 1.29 is 23.4 Å². The van der Waals surface area contributed by atoms with Crippen LogP contribution in [0.1, 0.15) is 16.7 Å². The molecule has 1 heterocycles. The van der Waals surface area contributed by atoms with Crippen LogP contribution in [0.4, 0.5) is 8.78 Å². The maximum Gasteiger partial charge on any atom is 0.341 e. The number of aryl methyl sites for hydroxylation is 1. The molecule has 1 aliphatic heterocycles. The Labute approximate surface area is 131 Å². The minimum Gasteiger partial charge on any atom is -0.425 e. The highest BCUT2D eigenvalue weighted by molar-refractivity contribution is 6.18. The summed E-state index contributed by atoms with van der Waals surface area (Å²) in [4.78, 5) is 12.0. The van der Waals surface area contributed by atoms with E-state index < -0.39 is 29.0 Å². The summed E-state index contributed by atoms with van der Waals surface area (Å²) in [6.45, 7) is 1.54. The lowest BCUT2D eigenvalue weighted by molar-refractivity contribution is -0.176. The molecule has 3 rings (SSSR count). The topological polar surface area (TPSA) is 46.5 Å². The third-order valence-electron chi connectivity index (χ3n) is 3.62. The Morgan fingerprint density at radius 1 is 1.13 bits per heavy atom. The number of carbonyl (C=O) groups is 1. The maximum atomic E-state index is 14.0. The Kier molecular flexibility index (Phi) is 3.74. The van der Waals surface area contributed by atoms with Crippen LogP contribution in [0.25, 0.3) is 5.57 Å². The van der Waals surface area contributed by atoms with Gasteiger partial charge in [-0.2, -0.15) is 0 Å². The van der Waals surface area contributed by atoms with Crippen molar-refractivity contribution in [1.29, 1.82) is 0 Å². The second-order valence-corrected chi connectivity index (χ2v) is 5.56. The van der Waals surface area contributed by atoms with Gasteiger partial charge in [0, 0.05) is 12.5 Å². The van der Waals surface area contributed by atoms with E-state index in [2.05, 4.69) is 0 Å². The van der Waals surface area contributed by atoms with Crippen molar-refractivity contribution in [3.05, 3.63) is 76.9 Å². The maximum absolute atomic E-state index is 14.0. The molecule has 3 nitrogen and oxygen atoms in total. The molecule has 1 N–H and O–H groups in total. The van der Waals surface area contributed by atoms with Crippen LogP contribution in [0, 0.1) is 18.6 Å². The number of hydrogen-bond donors (Lipinski definition) is 1. The van der Waals surface area contributed by atoms with Gasteiger partial charge in [0.05, 0.1) is 11.1 Å². The van der Waals surface area contributed by atoms with Gasteiger partial charge in [-0.15, -0.1) is 0 Å². The van der Waals surface area contributed by atoms with Crippen LogP contribution < -0.4 is 0 Å². The van der Waals surface area contributed by atoms with Crippen LogP contribution in [0.5, 0.6) is 0 Å². The Hall–Kier alpha value is -2.53. The van der Waals surface area contributed by atoms with Gasteiger partial charge in [-0.25, -0.2) is 13.6 Å². The molecule has 0 bridgehead atoms. The van der Waals surface area contributed by atoms with E-state index in [0.29, 0.717) is 5.56 Å². The molecular formula is C18H14F2O3. The third-order valence-corrected chi connectivity index (χ3v) is 3.62. The first-order valence-corrected chi connectivity index (χ1v) is 7.06. The van der Waals surface area contributed by atoms with Crippen molar-refractivity contribution in [1.82, 2.24) is 0 Å². The lowest BCUT2D eigenvalue weighted by Crippen LogP contribution is -2.30. The summed E-state index contributed by atoms with van der Waals surface area (Å²) in [7, 11) is 0. The van der Waals surface area contributed by atoms with Gasteiger partial charge in [-0.05, 0) is 30.2 Å². The average Bonchev–Trinajstić information content (AvgIpc) is 2.73. The number of halogens is 2. The van der Waals surface area contributed by atoms with Gasteiger partial charge in [0.1, 0.15) is 11.6 Å². The first-order valence-electron chi connectivity index (χ1n) is 7.06. The zero-order chi connectivity index (χ0) is 16.6. The van der Waals surface area contributed by atoms with E-state index in [1.54, 1.807) is 31.2 Å². The van der Waals surface area contributed by atoms with Gasteiger partial charge in [0.25, 0.3) is 0 Å². The molecule has 0 saturated heterocycles. The summed E-state index contributed by atoms with van der Waals surface area (Å²) >= 11 is 0. The number of aliphatic hydroxyl groups is 1. The summed E-state index contributed by atoms with van der Waals surface area (Å²) in [6, 6.07) is 11.1. The van der Waals surface area contributed by atoms with Crippen molar-refractivity contribution in [2.75, 3.05) is 0 Å². The molecule has 0 aliphatic carbocycles. The molecule has 0 aromatic heterocycles. The number of carbonyl (C=O) groups excluding carboxylic acids is 1. The number of benzene rings is 2. The number of ether oxygens (including phenoxy) is 1. The van der Waals surface area contributed by atoms with Crippen molar-refractivity contribution >= 4 is 11.5 Å². The van der Waals surface area contributed by atoms with Crippen LogP contribution in [-0.4, -0.2) is 16.9 Å². The molecular weight excluding hydrogens is 302 g/mol. The summed E-state index contributed by atoms with van der Waals surface area (Å²) in [5.74, 6) is -4.60. The highest BCUT2D eigenvalue weighted by Crippen LogP contribution is 2.34. The van der Waals surface area contributed by atoms with Crippen molar-refractivity contribution in [2.24, 2.45) is 0 Å². The average molecular weight is 316 g/mol. The van der Waals surface area contributed by atoms with Gasteiger partial charge >= 0.3 is 5.97 Å². The molecule has 5 heteroatoms. The smallest absolute Gasteiger partial charge is 0.341 e. The third kappa shape index (κ3) is 3.00. The largest absolute Gasteiger partial charge is 0.425 e. The SMILES string of the molecule is Cc1cc(F)c(C2=CC(O)(Cc3ccccc3)OC2=O)c(F)c1. The van der Waals surface area contributed by atoms with E-state index in [9.17, 15) is 18.7 Å². The van der Waals surface area contributed by atoms with Crippen LogP contribution in [-0.2, 0) is 16.0 Å². The summed E-state index contributed by atoms with van der Waals surface area (Å²) in [6.07, 6.45) is 1.07. The minimum atomic E-state index is -1.92. The highest BCUT2D eigenvalue weighted by Gasteiger charge is 2.40. The Morgan fingerprint density at radius 2 is 1.74 bits per heavy atom. The highest BCUT2D eigenvalue weighted by atomic mass is 19.1. The number of esters is 1. The van der Waals surface area contributed by atoms with Crippen molar-refractivity contribution in [3.63, 3.8) is 0 Å². The second-order valence-electron chi connectivity index (χ2n) is 5.56. The van der Waals surface area contributed by atoms with E-state index in [-0.39, 0.29) is 12.0 Å². The summed E-state index contributed by atoms with van der Waals surface area (Å²) in [5.41, 5.74) is 0.337. The zero-order valence-electron chi connectivity index (χ0n) is 12.3. The molecule has 1 atom stereocenters. The van der Waals surface area contributed by atoms with Crippen molar-refractivity contribution in [3.8, 4) is 0 Å². The monoisotopic (exact) mass is 316 g/mol. The molecule has 23 heavy (non-hydrogen) atoms. The molecule has 0 radical (unpaired) electrons. The fourth-order valence-corrected chi connectivity index (χ4v) is 2.64. The number of rotatable bonds is 3.